The smallest absolute Gasteiger partial charge is 0.253 e. The number of hydrogen-bond acceptors (Lipinski definition) is 4. The maximum absolute atomic E-state index is 12.0. The van der Waals surface area contributed by atoms with E-state index < -0.39 is 0 Å². The largest absolute Gasteiger partial charge is 0.398 e. The summed E-state index contributed by atoms with van der Waals surface area (Å²) in [7, 11) is 2.05. The van der Waals surface area contributed by atoms with E-state index in [2.05, 4.69) is 17.3 Å². The van der Waals surface area contributed by atoms with E-state index in [0.717, 1.165) is 18.7 Å². The molecular formula is C14H21N3O2. The molecule has 1 aromatic carbocycles. The van der Waals surface area contributed by atoms with E-state index in [-0.39, 0.29) is 12.0 Å². The van der Waals surface area contributed by atoms with Gasteiger partial charge in [0, 0.05) is 25.3 Å². The summed E-state index contributed by atoms with van der Waals surface area (Å²) in [5.74, 6) is -0.144. The number of morpholine rings is 1. The summed E-state index contributed by atoms with van der Waals surface area (Å²) in [4.78, 5) is 14.2. The van der Waals surface area contributed by atoms with E-state index in [1.807, 2.05) is 13.0 Å². The molecule has 1 amide bonds. The second-order valence-electron chi connectivity index (χ2n) is 5.06. The van der Waals surface area contributed by atoms with Crippen LogP contribution in [0.5, 0.6) is 0 Å². The van der Waals surface area contributed by atoms with Crippen molar-refractivity contribution < 1.29 is 9.53 Å². The zero-order valence-corrected chi connectivity index (χ0v) is 11.5. The number of rotatable bonds is 3. The molecule has 1 atom stereocenters. The van der Waals surface area contributed by atoms with Crippen molar-refractivity contribution in [3.05, 3.63) is 29.3 Å². The molecule has 1 fully saturated rings. The summed E-state index contributed by atoms with van der Waals surface area (Å²) in [6.07, 6.45) is 0.0503. The van der Waals surface area contributed by atoms with Gasteiger partial charge >= 0.3 is 0 Å². The third-order valence-electron chi connectivity index (χ3n) is 3.28. The van der Waals surface area contributed by atoms with E-state index in [0.29, 0.717) is 24.4 Å². The van der Waals surface area contributed by atoms with Crippen molar-refractivity contribution in [1.82, 2.24) is 10.2 Å². The van der Waals surface area contributed by atoms with Gasteiger partial charge in [-0.2, -0.15) is 0 Å². The maximum Gasteiger partial charge on any atom is 0.253 e. The van der Waals surface area contributed by atoms with Gasteiger partial charge in [-0.05, 0) is 31.7 Å². The van der Waals surface area contributed by atoms with Gasteiger partial charge in [0.25, 0.3) is 5.91 Å². The number of aryl methyl sites for hydroxylation is 1. The van der Waals surface area contributed by atoms with Crippen LogP contribution in [-0.4, -0.2) is 50.2 Å². The second-order valence-corrected chi connectivity index (χ2v) is 5.06. The Morgan fingerprint density at radius 3 is 3.05 bits per heavy atom. The van der Waals surface area contributed by atoms with Gasteiger partial charge in [0.05, 0.1) is 18.3 Å². The standard InChI is InChI=1S/C14H21N3O2/c1-10-3-4-12(13(15)7-10)14(18)16-8-11-9-17(2)5-6-19-11/h3-4,7,11H,5-6,8-9,15H2,1-2H3,(H,16,18). The Hall–Kier alpha value is -1.59. The third kappa shape index (κ3) is 3.68. The van der Waals surface area contributed by atoms with Crippen LogP contribution in [0, 0.1) is 6.92 Å². The minimum atomic E-state index is -0.144. The van der Waals surface area contributed by atoms with E-state index in [1.54, 1.807) is 12.1 Å². The minimum absolute atomic E-state index is 0.0503. The third-order valence-corrected chi connectivity index (χ3v) is 3.28. The maximum atomic E-state index is 12.0. The highest BCUT2D eigenvalue weighted by Gasteiger charge is 2.19. The Morgan fingerprint density at radius 1 is 1.58 bits per heavy atom. The lowest BCUT2D eigenvalue weighted by Crippen LogP contribution is -2.46. The van der Waals surface area contributed by atoms with Crippen LogP contribution in [0.25, 0.3) is 0 Å². The lowest BCUT2D eigenvalue weighted by molar-refractivity contribution is -0.0174. The summed E-state index contributed by atoms with van der Waals surface area (Å²) in [6.45, 7) is 4.95. The van der Waals surface area contributed by atoms with Gasteiger partial charge in [-0.1, -0.05) is 6.07 Å². The van der Waals surface area contributed by atoms with Crippen LogP contribution in [0.3, 0.4) is 0 Å². The molecule has 2 rings (SSSR count). The van der Waals surface area contributed by atoms with E-state index in [4.69, 9.17) is 10.5 Å². The molecule has 0 bridgehead atoms. The Bertz CT molecular complexity index is 462. The molecule has 0 saturated carbocycles. The van der Waals surface area contributed by atoms with E-state index in [9.17, 15) is 4.79 Å². The van der Waals surface area contributed by atoms with Crippen molar-refractivity contribution in [3.8, 4) is 0 Å². The molecule has 0 aromatic heterocycles. The van der Waals surface area contributed by atoms with Crippen molar-refractivity contribution in [3.63, 3.8) is 0 Å². The molecule has 0 spiro atoms. The molecule has 1 aliphatic heterocycles. The fourth-order valence-corrected chi connectivity index (χ4v) is 2.18. The highest BCUT2D eigenvalue weighted by molar-refractivity contribution is 5.99. The van der Waals surface area contributed by atoms with Crippen LogP contribution in [0.1, 0.15) is 15.9 Å². The zero-order chi connectivity index (χ0) is 13.8. The number of nitrogens with zero attached hydrogens (tertiary/aromatic N) is 1. The monoisotopic (exact) mass is 263 g/mol. The molecule has 104 valence electrons. The number of amides is 1. The lowest BCUT2D eigenvalue weighted by atomic mass is 10.1. The van der Waals surface area contributed by atoms with Crippen LogP contribution in [0.15, 0.2) is 18.2 Å². The quantitative estimate of drug-likeness (QED) is 0.785. The fraction of sp³-hybridized carbons (Fsp3) is 0.500. The average molecular weight is 263 g/mol. The topological polar surface area (TPSA) is 67.6 Å². The van der Waals surface area contributed by atoms with E-state index in [1.165, 1.54) is 0 Å². The number of carbonyl (C=O) groups is 1. The Kier molecular flexibility index (Phi) is 4.39. The number of likely N-dealkylation sites (N-methyl/N-ethyl adjacent to an activating group) is 1. The number of benzene rings is 1. The number of ether oxygens (including phenoxy) is 1. The molecule has 1 heterocycles. The zero-order valence-electron chi connectivity index (χ0n) is 11.5. The minimum Gasteiger partial charge on any atom is -0.398 e. The van der Waals surface area contributed by atoms with Gasteiger partial charge in [-0.15, -0.1) is 0 Å². The molecule has 19 heavy (non-hydrogen) atoms. The van der Waals surface area contributed by atoms with Crippen LogP contribution in [0.2, 0.25) is 0 Å². The first-order valence-corrected chi connectivity index (χ1v) is 6.50. The Morgan fingerprint density at radius 2 is 2.37 bits per heavy atom. The van der Waals surface area contributed by atoms with Crippen LogP contribution in [0.4, 0.5) is 5.69 Å². The normalized spacial score (nSPS) is 20.2. The second kappa shape index (κ2) is 6.04. The summed E-state index contributed by atoms with van der Waals surface area (Å²) in [6, 6.07) is 5.45. The molecule has 0 radical (unpaired) electrons. The summed E-state index contributed by atoms with van der Waals surface area (Å²) >= 11 is 0. The van der Waals surface area contributed by atoms with E-state index >= 15 is 0 Å². The molecule has 0 aliphatic carbocycles. The van der Waals surface area contributed by atoms with Crippen molar-refractivity contribution in [2.75, 3.05) is 39.0 Å². The van der Waals surface area contributed by atoms with Gasteiger partial charge in [0.2, 0.25) is 0 Å². The fourth-order valence-electron chi connectivity index (χ4n) is 2.18. The average Bonchev–Trinajstić information content (AvgIpc) is 2.36. The summed E-state index contributed by atoms with van der Waals surface area (Å²) < 4.78 is 5.60. The molecule has 1 unspecified atom stereocenters. The number of nitrogen functional groups attached to an aromatic ring is 1. The van der Waals surface area contributed by atoms with Crippen LogP contribution in [-0.2, 0) is 4.74 Å². The molecular weight excluding hydrogens is 242 g/mol. The number of anilines is 1. The SMILES string of the molecule is Cc1ccc(C(=O)NCC2CN(C)CCO2)c(N)c1. The molecule has 1 saturated heterocycles. The molecule has 3 N–H and O–H groups in total. The molecule has 1 aliphatic rings. The van der Waals surface area contributed by atoms with Gasteiger partial charge in [0.15, 0.2) is 0 Å². The van der Waals surface area contributed by atoms with Crippen molar-refractivity contribution >= 4 is 11.6 Å². The van der Waals surface area contributed by atoms with Crippen LogP contribution >= 0.6 is 0 Å². The predicted octanol–water partition coefficient (Wildman–Crippen LogP) is 0.638. The lowest BCUT2D eigenvalue weighted by Gasteiger charge is -2.30. The van der Waals surface area contributed by atoms with Crippen LogP contribution < -0.4 is 11.1 Å². The highest BCUT2D eigenvalue weighted by Crippen LogP contribution is 2.13. The highest BCUT2D eigenvalue weighted by atomic mass is 16.5. The number of hydrogen-bond donors (Lipinski definition) is 2. The Labute approximate surface area is 113 Å². The first-order chi connectivity index (χ1) is 9.06. The van der Waals surface area contributed by atoms with Gasteiger partial charge in [-0.3, -0.25) is 4.79 Å². The predicted molar refractivity (Wildman–Crippen MR) is 75.2 cm³/mol. The van der Waals surface area contributed by atoms with Gasteiger partial charge in [0.1, 0.15) is 0 Å². The summed E-state index contributed by atoms with van der Waals surface area (Å²) in [5, 5.41) is 2.88. The molecule has 5 nitrogen and oxygen atoms in total. The molecule has 5 heteroatoms. The first-order valence-electron chi connectivity index (χ1n) is 6.50. The van der Waals surface area contributed by atoms with Gasteiger partial charge < -0.3 is 20.7 Å². The number of nitrogens with one attached hydrogen (secondary N) is 1. The van der Waals surface area contributed by atoms with Gasteiger partial charge in [-0.25, -0.2) is 0 Å². The van der Waals surface area contributed by atoms with Crippen molar-refractivity contribution in [1.29, 1.82) is 0 Å². The number of nitrogens with two attached hydrogens (primary N) is 1. The molecule has 1 aromatic rings. The Balaban J connectivity index is 1.90. The number of carbonyl (C=O) groups excluding carboxylic acids is 1. The summed E-state index contributed by atoms with van der Waals surface area (Å²) in [5.41, 5.74) is 7.94. The first kappa shape index (κ1) is 13.8. The van der Waals surface area contributed by atoms with Crippen molar-refractivity contribution in [2.45, 2.75) is 13.0 Å². The van der Waals surface area contributed by atoms with Crippen molar-refractivity contribution in [2.24, 2.45) is 0 Å².